The summed E-state index contributed by atoms with van der Waals surface area (Å²) in [4.78, 5) is 25.0. The lowest BCUT2D eigenvalue weighted by Crippen LogP contribution is -2.67. The Balaban J connectivity index is 1.56. The van der Waals surface area contributed by atoms with Crippen LogP contribution in [-0.4, -0.2) is 12.1 Å². The van der Waals surface area contributed by atoms with Crippen molar-refractivity contribution in [1.82, 2.24) is 0 Å². The first-order valence-electron chi connectivity index (χ1n) is 13.3. The number of carbonyl (C=O) groups is 2. The van der Waals surface area contributed by atoms with Crippen LogP contribution in [0.3, 0.4) is 0 Å². The summed E-state index contributed by atoms with van der Waals surface area (Å²) >= 11 is 0. The molecular weight excluding hydrogens is 380 g/mol. The molecule has 5 saturated carbocycles. The summed E-state index contributed by atoms with van der Waals surface area (Å²) in [5.74, 6) is 2.47. The van der Waals surface area contributed by atoms with Crippen LogP contribution in [-0.2, 0) is 9.59 Å². The van der Waals surface area contributed by atoms with Crippen LogP contribution < -0.4 is 0 Å². The molecule has 5 aliphatic rings. The molecule has 2 heteroatoms. The van der Waals surface area contributed by atoms with Gasteiger partial charge in [0.05, 0.1) is 0 Å². The Bertz CT molecular complexity index is 799. The van der Waals surface area contributed by atoms with E-state index in [2.05, 4.69) is 41.5 Å². The standard InChI is InChI=1S/C29H46O2/c1-24(2)11-15-29(19-30)16-14-27(5)22-9-10-25(3)17-20(31)7-8-21(25)26(22,4)12-13-28(27,6)23(29)18-24/h19,21-23H,7-18H2,1-6H3. The fourth-order valence-corrected chi connectivity index (χ4v) is 10.8. The Hall–Kier alpha value is -0.660. The topological polar surface area (TPSA) is 34.1 Å². The molecule has 0 bridgehead atoms. The molecule has 0 aromatic heterocycles. The molecule has 5 rings (SSSR count). The van der Waals surface area contributed by atoms with Gasteiger partial charge < -0.3 is 4.79 Å². The van der Waals surface area contributed by atoms with Crippen molar-refractivity contribution in [2.45, 2.75) is 119 Å². The van der Waals surface area contributed by atoms with Crippen LogP contribution in [0.2, 0.25) is 0 Å². The third-order valence-electron chi connectivity index (χ3n) is 12.8. The van der Waals surface area contributed by atoms with Gasteiger partial charge in [0.15, 0.2) is 0 Å². The van der Waals surface area contributed by atoms with Crippen LogP contribution in [0.4, 0.5) is 0 Å². The minimum atomic E-state index is -0.0715. The summed E-state index contributed by atoms with van der Waals surface area (Å²) in [6.07, 6.45) is 15.1. The zero-order valence-electron chi connectivity index (χ0n) is 21.1. The normalized spacial score (nSPS) is 55.9. The van der Waals surface area contributed by atoms with Crippen LogP contribution in [0.1, 0.15) is 119 Å². The summed E-state index contributed by atoms with van der Waals surface area (Å²) in [6, 6.07) is 0. The summed E-state index contributed by atoms with van der Waals surface area (Å²) < 4.78 is 0. The molecule has 5 fully saturated rings. The molecule has 0 aliphatic heterocycles. The van der Waals surface area contributed by atoms with Crippen LogP contribution in [0, 0.1) is 50.2 Å². The lowest BCUT2D eigenvalue weighted by Gasteiger charge is -2.74. The fourth-order valence-electron chi connectivity index (χ4n) is 10.8. The van der Waals surface area contributed by atoms with Gasteiger partial charge in [-0.2, -0.15) is 0 Å². The molecule has 0 heterocycles. The van der Waals surface area contributed by atoms with Gasteiger partial charge in [0.2, 0.25) is 0 Å². The number of rotatable bonds is 1. The average Bonchev–Trinajstić information content (AvgIpc) is 2.69. The largest absolute Gasteiger partial charge is 0.303 e. The van der Waals surface area contributed by atoms with Gasteiger partial charge in [-0.25, -0.2) is 0 Å². The van der Waals surface area contributed by atoms with Crippen molar-refractivity contribution in [2.24, 2.45) is 50.2 Å². The van der Waals surface area contributed by atoms with E-state index in [0.29, 0.717) is 33.9 Å². The van der Waals surface area contributed by atoms with E-state index in [9.17, 15) is 9.59 Å². The molecule has 174 valence electrons. The van der Waals surface area contributed by atoms with E-state index in [1.807, 2.05) is 0 Å². The second-order valence-electron chi connectivity index (χ2n) is 14.7. The number of hydrogen-bond donors (Lipinski definition) is 0. The zero-order chi connectivity index (χ0) is 22.5. The van der Waals surface area contributed by atoms with Crippen molar-refractivity contribution in [3.63, 3.8) is 0 Å². The van der Waals surface area contributed by atoms with E-state index < -0.39 is 0 Å². The van der Waals surface area contributed by atoms with Crippen molar-refractivity contribution >= 4 is 12.1 Å². The van der Waals surface area contributed by atoms with Gasteiger partial charge in [-0.15, -0.1) is 0 Å². The van der Waals surface area contributed by atoms with E-state index in [0.717, 1.165) is 38.0 Å². The van der Waals surface area contributed by atoms with Gasteiger partial charge in [-0.05, 0) is 109 Å². The van der Waals surface area contributed by atoms with Crippen LogP contribution >= 0.6 is 0 Å². The Morgan fingerprint density at radius 3 is 2.10 bits per heavy atom. The molecular formula is C29H46O2. The summed E-state index contributed by atoms with van der Waals surface area (Å²) in [5.41, 5.74) is 1.43. The molecule has 0 saturated heterocycles. The maximum Gasteiger partial charge on any atom is 0.133 e. The Kier molecular flexibility index (Phi) is 4.62. The lowest BCUT2D eigenvalue weighted by atomic mass is 9.30. The molecule has 0 aromatic carbocycles. The second kappa shape index (κ2) is 6.47. The Labute approximate surface area is 190 Å². The molecule has 0 spiro atoms. The quantitative estimate of drug-likeness (QED) is 0.410. The van der Waals surface area contributed by atoms with Crippen molar-refractivity contribution in [3.8, 4) is 0 Å². The van der Waals surface area contributed by atoms with Crippen LogP contribution in [0.15, 0.2) is 0 Å². The SMILES string of the molecule is CC1(C)CCC2(C=O)CCC3(C)C4CCC5(C)CC(=O)CCC5C4(C)CCC3(C)C2C1. The van der Waals surface area contributed by atoms with Crippen molar-refractivity contribution in [1.29, 1.82) is 0 Å². The Morgan fingerprint density at radius 1 is 0.742 bits per heavy atom. The minimum absolute atomic E-state index is 0.0715. The highest BCUT2D eigenvalue weighted by molar-refractivity contribution is 5.80. The number of Topliss-reactive ketones (excluding diaryl/α,β-unsaturated/α-hetero) is 1. The zero-order valence-corrected chi connectivity index (χ0v) is 21.1. The first-order chi connectivity index (χ1) is 14.3. The summed E-state index contributed by atoms with van der Waals surface area (Å²) in [5, 5.41) is 0. The molecule has 8 unspecified atom stereocenters. The van der Waals surface area contributed by atoms with Gasteiger partial charge in [-0.1, -0.05) is 41.5 Å². The number of fused-ring (bicyclic) bond motifs is 7. The molecule has 0 radical (unpaired) electrons. The highest BCUT2D eigenvalue weighted by Crippen LogP contribution is 2.77. The van der Waals surface area contributed by atoms with E-state index >= 15 is 0 Å². The van der Waals surface area contributed by atoms with Gasteiger partial charge in [0, 0.05) is 18.3 Å². The molecule has 2 nitrogen and oxygen atoms in total. The average molecular weight is 427 g/mol. The highest BCUT2D eigenvalue weighted by Gasteiger charge is 2.71. The summed E-state index contributed by atoms with van der Waals surface area (Å²) in [7, 11) is 0. The van der Waals surface area contributed by atoms with E-state index in [-0.39, 0.29) is 16.2 Å². The highest BCUT2D eigenvalue weighted by atomic mass is 16.1. The van der Waals surface area contributed by atoms with Crippen LogP contribution in [0.25, 0.3) is 0 Å². The van der Waals surface area contributed by atoms with Gasteiger partial charge >= 0.3 is 0 Å². The number of carbonyl (C=O) groups excluding carboxylic acids is 2. The maximum absolute atomic E-state index is 12.6. The molecule has 0 aromatic rings. The number of ketones is 1. The van der Waals surface area contributed by atoms with Crippen molar-refractivity contribution in [2.75, 3.05) is 0 Å². The second-order valence-corrected chi connectivity index (χ2v) is 14.7. The smallest absolute Gasteiger partial charge is 0.133 e. The van der Waals surface area contributed by atoms with Gasteiger partial charge in [0.25, 0.3) is 0 Å². The third kappa shape index (κ3) is 2.75. The monoisotopic (exact) mass is 426 g/mol. The molecule has 0 amide bonds. The fraction of sp³-hybridized carbons (Fsp3) is 0.931. The predicted octanol–water partition coefficient (Wildman–Crippen LogP) is 7.39. The van der Waals surface area contributed by atoms with Crippen molar-refractivity contribution in [3.05, 3.63) is 0 Å². The molecule has 5 aliphatic carbocycles. The first-order valence-corrected chi connectivity index (χ1v) is 13.3. The Morgan fingerprint density at radius 2 is 1.39 bits per heavy atom. The summed E-state index contributed by atoms with van der Waals surface area (Å²) in [6.45, 7) is 15.2. The van der Waals surface area contributed by atoms with Gasteiger partial charge in [0.1, 0.15) is 12.1 Å². The number of hydrogen-bond acceptors (Lipinski definition) is 2. The van der Waals surface area contributed by atoms with Gasteiger partial charge in [-0.3, -0.25) is 4.79 Å². The van der Waals surface area contributed by atoms with E-state index in [1.54, 1.807) is 0 Å². The van der Waals surface area contributed by atoms with E-state index in [4.69, 9.17) is 0 Å². The lowest BCUT2D eigenvalue weighted by molar-refractivity contribution is -0.249. The van der Waals surface area contributed by atoms with Crippen molar-refractivity contribution < 1.29 is 9.59 Å². The minimum Gasteiger partial charge on any atom is -0.303 e. The molecule has 8 atom stereocenters. The van der Waals surface area contributed by atoms with E-state index in [1.165, 1.54) is 51.2 Å². The predicted molar refractivity (Wildman–Crippen MR) is 126 cm³/mol. The first kappa shape index (κ1) is 22.1. The maximum atomic E-state index is 12.6. The molecule has 31 heavy (non-hydrogen) atoms. The third-order valence-corrected chi connectivity index (χ3v) is 12.8. The number of aldehydes is 1. The van der Waals surface area contributed by atoms with Crippen LogP contribution in [0.5, 0.6) is 0 Å². The molecule has 0 N–H and O–H groups in total.